The molecule has 1 amide bonds. The summed E-state index contributed by atoms with van der Waals surface area (Å²) in [5, 5.41) is 7.54. The number of piperidine rings is 1. The fourth-order valence-electron chi connectivity index (χ4n) is 2.89. The van der Waals surface area contributed by atoms with Gasteiger partial charge in [0.1, 0.15) is 5.69 Å². The molecule has 0 unspecified atom stereocenters. The molecule has 3 heterocycles. The Labute approximate surface area is 124 Å². The largest absolute Gasteiger partial charge is 0.357 e. The normalized spacial score (nSPS) is 16.6. The van der Waals surface area contributed by atoms with E-state index in [-0.39, 0.29) is 5.91 Å². The smallest absolute Gasteiger partial charge is 0.270 e. The van der Waals surface area contributed by atoms with E-state index in [4.69, 9.17) is 0 Å². The van der Waals surface area contributed by atoms with E-state index >= 15 is 0 Å². The molecule has 0 atom stereocenters. The van der Waals surface area contributed by atoms with Gasteiger partial charge in [-0.25, -0.2) is 0 Å². The molecule has 21 heavy (non-hydrogen) atoms. The van der Waals surface area contributed by atoms with Crippen molar-refractivity contribution >= 4 is 5.91 Å². The number of carbonyl (C=O) groups is 1. The SMILES string of the molecule is CC(C)c1cc(C2CCN(C(=O)c3ccc[nH]3)CC2)[nH]n1. The molecule has 1 fully saturated rings. The lowest BCUT2D eigenvalue weighted by atomic mass is 9.93. The van der Waals surface area contributed by atoms with Crippen LogP contribution in [0.4, 0.5) is 0 Å². The minimum absolute atomic E-state index is 0.103. The number of amides is 1. The molecule has 5 nitrogen and oxygen atoms in total. The Bertz CT molecular complexity index is 592. The first-order valence-electron chi connectivity index (χ1n) is 7.63. The number of carbonyl (C=O) groups excluding carboxylic acids is 1. The lowest BCUT2D eigenvalue weighted by molar-refractivity contribution is 0.0707. The van der Waals surface area contributed by atoms with E-state index in [0.717, 1.165) is 31.6 Å². The molecule has 112 valence electrons. The van der Waals surface area contributed by atoms with Gasteiger partial charge < -0.3 is 9.88 Å². The molecular weight excluding hydrogens is 264 g/mol. The maximum atomic E-state index is 12.3. The Hall–Kier alpha value is -2.04. The van der Waals surface area contributed by atoms with Gasteiger partial charge in [0.25, 0.3) is 5.91 Å². The van der Waals surface area contributed by atoms with Gasteiger partial charge in [0.2, 0.25) is 0 Å². The van der Waals surface area contributed by atoms with Crippen molar-refractivity contribution in [1.82, 2.24) is 20.1 Å². The van der Waals surface area contributed by atoms with Crippen LogP contribution in [0.25, 0.3) is 0 Å². The number of likely N-dealkylation sites (tertiary alicyclic amines) is 1. The maximum absolute atomic E-state index is 12.3. The summed E-state index contributed by atoms with van der Waals surface area (Å²) in [5.74, 6) is 1.04. The standard InChI is InChI=1S/C16H22N4O/c1-11(2)14-10-15(19-18-14)12-5-8-20(9-6-12)16(21)13-4-3-7-17-13/h3-4,7,10-12,17H,5-6,8-9H2,1-2H3,(H,18,19). The molecule has 2 aromatic heterocycles. The Morgan fingerprint density at radius 3 is 2.71 bits per heavy atom. The lowest BCUT2D eigenvalue weighted by Crippen LogP contribution is -2.38. The summed E-state index contributed by atoms with van der Waals surface area (Å²) in [5.41, 5.74) is 3.01. The second-order valence-corrected chi connectivity index (χ2v) is 6.05. The molecule has 0 bridgehead atoms. The highest BCUT2D eigenvalue weighted by Gasteiger charge is 2.26. The summed E-state index contributed by atoms with van der Waals surface area (Å²) in [7, 11) is 0. The van der Waals surface area contributed by atoms with E-state index < -0.39 is 0 Å². The van der Waals surface area contributed by atoms with Gasteiger partial charge in [-0.2, -0.15) is 5.10 Å². The highest BCUT2D eigenvalue weighted by molar-refractivity contribution is 5.92. The van der Waals surface area contributed by atoms with E-state index in [9.17, 15) is 4.79 Å². The van der Waals surface area contributed by atoms with Gasteiger partial charge in [-0.3, -0.25) is 9.89 Å². The zero-order valence-corrected chi connectivity index (χ0v) is 12.6. The molecule has 0 aliphatic carbocycles. The molecule has 2 N–H and O–H groups in total. The molecule has 0 spiro atoms. The highest BCUT2D eigenvalue weighted by Crippen LogP contribution is 2.28. The highest BCUT2D eigenvalue weighted by atomic mass is 16.2. The average Bonchev–Trinajstić information content (AvgIpc) is 3.18. The van der Waals surface area contributed by atoms with Crippen LogP contribution in [0.15, 0.2) is 24.4 Å². The van der Waals surface area contributed by atoms with Crippen molar-refractivity contribution in [2.75, 3.05) is 13.1 Å². The first kappa shape index (κ1) is 13.9. The second-order valence-electron chi connectivity index (χ2n) is 6.05. The van der Waals surface area contributed by atoms with Gasteiger partial charge in [0, 0.05) is 30.9 Å². The van der Waals surface area contributed by atoms with Gasteiger partial charge in [-0.15, -0.1) is 0 Å². The second kappa shape index (κ2) is 5.76. The van der Waals surface area contributed by atoms with Crippen LogP contribution in [0, 0.1) is 0 Å². The van der Waals surface area contributed by atoms with Crippen LogP contribution >= 0.6 is 0 Å². The predicted molar refractivity (Wildman–Crippen MR) is 81.3 cm³/mol. The minimum Gasteiger partial charge on any atom is -0.357 e. The fraction of sp³-hybridized carbons (Fsp3) is 0.500. The third-order valence-corrected chi connectivity index (χ3v) is 4.26. The summed E-state index contributed by atoms with van der Waals surface area (Å²) in [4.78, 5) is 17.2. The summed E-state index contributed by atoms with van der Waals surface area (Å²) < 4.78 is 0. The van der Waals surface area contributed by atoms with Gasteiger partial charge in [0.15, 0.2) is 0 Å². The van der Waals surface area contributed by atoms with Crippen molar-refractivity contribution in [2.45, 2.75) is 38.5 Å². The molecule has 0 saturated carbocycles. The van der Waals surface area contributed by atoms with Crippen LogP contribution in [0.2, 0.25) is 0 Å². The molecule has 5 heteroatoms. The summed E-state index contributed by atoms with van der Waals surface area (Å²) in [6, 6.07) is 5.87. The molecule has 1 saturated heterocycles. The van der Waals surface area contributed by atoms with E-state index in [1.165, 1.54) is 5.69 Å². The molecule has 2 aromatic rings. The van der Waals surface area contributed by atoms with E-state index in [1.807, 2.05) is 17.0 Å². The number of nitrogens with one attached hydrogen (secondary N) is 2. The lowest BCUT2D eigenvalue weighted by Gasteiger charge is -2.31. The van der Waals surface area contributed by atoms with Crippen LogP contribution in [0.3, 0.4) is 0 Å². The van der Waals surface area contributed by atoms with E-state index in [0.29, 0.717) is 17.5 Å². The maximum Gasteiger partial charge on any atom is 0.270 e. The van der Waals surface area contributed by atoms with Crippen LogP contribution < -0.4 is 0 Å². The van der Waals surface area contributed by atoms with Crippen molar-refractivity contribution in [2.24, 2.45) is 0 Å². The summed E-state index contributed by atoms with van der Waals surface area (Å²) >= 11 is 0. The zero-order chi connectivity index (χ0) is 14.8. The number of H-pyrrole nitrogens is 2. The first-order valence-corrected chi connectivity index (χ1v) is 7.63. The Morgan fingerprint density at radius 1 is 1.38 bits per heavy atom. The first-order chi connectivity index (χ1) is 10.1. The molecule has 1 aliphatic rings. The Balaban J connectivity index is 1.61. The number of hydrogen-bond donors (Lipinski definition) is 2. The van der Waals surface area contributed by atoms with Crippen LogP contribution in [-0.4, -0.2) is 39.1 Å². The minimum atomic E-state index is 0.103. The van der Waals surface area contributed by atoms with Gasteiger partial charge in [0.05, 0.1) is 5.69 Å². The van der Waals surface area contributed by atoms with Gasteiger partial charge in [-0.1, -0.05) is 13.8 Å². The number of nitrogens with zero attached hydrogens (tertiary/aromatic N) is 2. The third-order valence-electron chi connectivity index (χ3n) is 4.26. The number of hydrogen-bond acceptors (Lipinski definition) is 2. The van der Waals surface area contributed by atoms with Gasteiger partial charge in [-0.05, 0) is 37.0 Å². The Kier molecular flexibility index (Phi) is 3.82. The van der Waals surface area contributed by atoms with Crippen LogP contribution in [-0.2, 0) is 0 Å². The molecule has 1 aliphatic heterocycles. The van der Waals surface area contributed by atoms with Crippen molar-refractivity contribution in [3.05, 3.63) is 41.5 Å². The van der Waals surface area contributed by atoms with Crippen molar-refractivity contribution < 1.29 is 4.79 Å². The zero-order valence-electron chi connectivity index (χ0n) is 12.6. The van der Waals surface area contributed by atoms with E-state index in [1.54, 1.807) is 6.20 Å². The quantitative estimate of drug-likeness (QED) is 0.911. The summed E-state index contributed by atoms with van der Waals surface area (Å²) in [6.45, 7) is 5.91. The van der Waals surface area contributed by atoms with Crippen molar-refractivity contribution in [1.29, 1.82) is 0 Å². The van der Waals surface area contributed by atoms with Crippen molar-refractivity contribution in [3.8, 4) is 0 Å². The van der Waals surface area contributed by atoms with E-state index in [2.05, 4.69) is 35.1 Å². The number of aromatic amines is 2. The summed E-state index contributed by atoms with van der Waals surface area (Å²) in [6.07, 6.45) is 3.77. The number of rotatable bonds is 3. The average molecular weight is 286 g/mol. The third kappa shape index (κ3) is 2.86. The monoisotopic (exact) mass is 286 g/mol. The predicted octanol–water partition coefficient (Wildman–Crippen LogP) is 2.88. The fourth-order valence-corrected chi connectivity index (χ4v) is 2.89. The molecule has 0 aromatic carbocycles. The molecule has 0 radical (unpaired) electrons. The van der Waals surface area contributed by atoms with Crippen molar-refractivity contribution in [3.63, 3.8) is 0 Å². The molecule has 3 rings (SSSR count). The van der Waals surface area contributed by atoms with Crippen LogP contribution in [0.5, 0.6) is 0 Å². The van der Waals surface area contributed by atoms with Gasteiger partial charge >= 0.3 is 0 Å². The number of aromatic nitrogens is 3. The Morgan fingerprint density at radius 2 is 2.14 bits per heavy atom. The van der Waals surface area contributed by atoms with Crippen LogP contribution in [0.1, 0.15) is 60.4 Å². The topological polar surface area (TPSA) is 64.8 Å². The molecular formula is C16H22N4O.